The molecule has 0 radical (unpaired) electrons. The first-order chi connectivity index (χ1) is 11.0. The minimum Gasteiger partial charge on any atom is -0.393 e. The molecule has 1 fully saturated rings. The number of carbonyl (C=O) groups excluding carboxylic acids is 1. The molecule has 11 nitrogen and oxygen atoms in total. The van der Waals surface area contributed by atoms with Crippen LogP contribution in [-0.4, -0.2) is 49.0 Å². The Hall–Kier alpha value is -2.79. The molecule has 1 aliphatic rings. The van der Waals surface area contributed by atoms with Gasteiger partial charge in [0.15, 0.2) is 11.2 Å². The van der Waals surface area contributed by atoms with Gasteiger partial charge in [0.25, 0.3) is 5.56 Å². The van der Waals surface area contributed by atoms with Crippen LogP contribution in [0.2, 0.25) is 0 Å². The molecule has 0 aromatic carbocycles. The zero-order valence-electron chi connectivity index (χ0n) is 12.1. The van der Waals surface area contributed by atoms with Crippen LogP contribution in [-0.2, 0) is 14.4 Å². The SMILES string of the molecule is CC(=O)O/N=C1\C[C@H](n2cnc3c(=O)[nH]c(N)nc32)O[C@@H]1CO. The molecule has 0 amide bonds. The highest BCUT2D eigenvalue weighted by molar-refractivity contribution is 5.91. The second-order valence-electron chi connectivity index (χ2n) is 4.91. The van der Waals surface area contributed by atoms with Gasteiger partial charge >= 0.3 is 5.97 Å². The number of aliphatic hydroxyl groups is 1. The van der Waals surface area contributed by atoms with E-state index < -0.39 is 23.9 Å². The fourth-order valence-electron chi connectivity index (χ4n) is 2.31. The van der Waals surface area contributed by atoms with E-state index in [1.54, 1.807) is 0 Å². The van der Waals surface area contributed by atoms with Gasteiger partial charge in [0.1, 0.15) is 12.3 Å². The molecule has 11 heteroatoms. The van der Waals surface area contributed by atoms with Crippen LogP contribution >= 0.6 is 0 Å². The number of anilines is 1. The van der Waals surface area contributed by atoms with Gasteiger partial charge < -0.3 is 20.4 Å². The van der Waals surface area contributed by atoms with E-state index in [-0.39, 0.29) is 30.1 Å². The van der Waals surface area contributed by atoms with Crippen molar-refractivity contribution in [2.45, 2.75) is 25.7 Å². The Morgan fingerprint density at radius 3 is 3.17 bits per heavy atom. The van der Waals surface area contributed by atoms with Gasteiger partial charge in [0.2, 0.25) is 5.95 Å². The standard InChI is InChI=1S/C12H14N6O5/c1-5(20)23-17-6-2-8(22-7(6)3-19)18-4-14-9-10(18)15-12(13)16-11(9)21/h4,7-8,19H,2-3H2,1H3,(H3,13,15,16,21)/b17-6+/t7-,8-/m1/s1. The first-order valence-corrected chi connectivity index (χ1v) is 6.72. The Kier molecular flexibility index (Phi) is 3.80. The number of oxime groups is 1. The van der Waals surface area contributed by atoms with Crippen LogP contribution in [0.15, 0.2) is 16.3 Å². The molecule has 0 saturated carbocycles. The molecule has 3 rings (SSSR count). The molecule has 0 bridgehead atoms. The Morgan fingerprint density at radius 1 is 1.70 bits per heavy atom. The summed E-state index contributed by atoms with van der Waals surface area (Å²) >= 11 is 0. The van der Waals surface area contributed by atoms with Crippen molar-refractivity contribution in [3.8, 4) is 0 Å². The monoisotopic (exact) mass is 322 g/mol. The largest absolute Gasteiger partial charge is 0.393 e. The first-order valence-electron chi connectivity index (χ1n) is 6.72. The number of ether oxygens (including phenoxy) is 1. The molecule has 122 valence electrons. The number of hydrogen-bond acceptors (Lipinski definition) is 9. The van der Waals surface area contributed by atoms with Gasteiger partial charge in [-0.2, -0.15) is 4.98 Å². The fourth-order valence-corrected chi connectivity index (χ4v) is 2.31. The Labute approximate surface area is 128 Å². The van der Waals surface area contributed by atoms with E-state index in [0.29, 0.717) is 5.71 Å². The summed E-state index contributed by atoms with van der Waals surface area (Å²) in [4.78, 5) is 37.6. The first kappa shape index (κ1) is 15.1. The number of carbonyl (C=O) groups is 1. The van der Waals surface area contributed by atoms with Gasteiger partial charge in [-0.25, -0.2) is 9.78 Å². The number of H-pyrrole nitrogens is 1. The van der Waals surface area contributed by atoms with Crippen LogP contribution in [0.25, 0.3) is 11.2 Å². The zero-order valence-corrected chi connectivity index (χ0v) is 12.1. The van der Waals surface area contributed by atoms with Gasteiger partial charge in [-0.15, -0.1) is 0 Å². The Bertz CT molecular complexity index is 840. The number of rotatable bonds is 3. The summed E-state index contributed by atoms with van der Waals surface area (Å²) in [5.74, 6) is -0.624. The van der Waals surface area contributed by atoms with Gasteiger partial charge in [0, 0.05) is 13.3 Å². The summed E-state index contributed by atoms with van der Waals surface area (Å²) in [5, 5.41) is 13.0. The molecule has 2 aromatic rings. The second kappa shape index (κ2) is 5.78. The normalized spacial score (nSPS) is 22.8. The van der Waals surface area contributed by atoms with Crippen LogP contribution in [0.4, 0.5) is 5.95 Å². The third-order valence-electron chi connectivity index (χ3n) is 3.29. The highest BCUT2D eigenvalue weighted by atomic mass is 16.7. The maximum absolute atomic E-state index is 11.8. The molecule has 2 atom stereocenters. The molecule has 23 heavy (non-hydrogen) atoms. The highest BCUT2D eigenvalue weighted by Crippen LogP contribution is 2.28. The molecule has 3 heterocycles. The molecule has 0 unspecified atom stereocenters. The second-order valence-corrected chi connectivity index (χ2v) is 4.91. The van der Waals surface area contributed by atoms with Crippen molar-refractivity contribution in [1.29, 1.82) is 0 Å². The van der Waals surface area contributed by atoms with Gasteiger partial charge in [-0.05, 0) is 0 Å². The predicted molar refractivity (Wildman–Crippen MR) is 77.4 cm³/mol. The lowest BCUT2D eigenvalue weighted by molar-refractivity contribution is -0.141. The molecule has 2 aromatic heterocycles. The summed E-state index contributed by atoms with van der Waals surface area (Å²) in [5.41, 5.74) is 5.82. The zero-order chi connectivity index (χ0) is 16.6. The number of aromatic nitrogens is 4. The Morgan fingerprint density at radius 2 is 2.48 bits per heavy atom. The number of nitrogen functional groups attached to an aromatic ring is 1. The van der Waals surface area contributed by atoms with Crippen LogP contribution < -0.4 is 11.3 Å². The number of aromatic amines is 1. The smallest absolute Gasteiger partial charge is 0.331 e. The van der Waals surface area contributed by atoms with E-state index in [2.05, 4.69) is 24.9 Å². The van der Waals surface area contributed by atoms with Gasteiger partial charge in [-0.3, -0.25) is 14.3 Å². The van der Waals surface area contributed by atoms with Crippen LogP contribution in [0.1, 0.15) is 19.6 Å². The predicted octanol–water partition coefficient (Wildman–Crippen LogP) is -1.10. The van der Waals surface area contributed by atoms with E-state index in [0.717, 1.165) is 0 Å². The minimum absolute atomic E-state index is 0.0465. The number of aliphatic hydroxyl groups excluding tert-OH is 1. The highest BCUT2D eigenvalue weighted by Gasteiger charge is 2.34. The minimum atomic E-state index is -0.726. The van der Waals surface area contributed by atoms with Crippen molar-refractivity contribution < 1.29 is 19.5 Å². The molecule has 1 saturated heterocycles. The third kappa shape index (κ3) is 2.78. The molecular formula is C12H14N6O5. The third-order valence-corrected chi connectivity index (χ3v) is 3.29. The van der Waals surface area contributed by atoms with E-state index in [1.165, 1.54) is 17.8 Å². The maximum atomic E-state index is 11.8. The number of fused-ring (bicyclic) bond motifs is 1. The summed E-state index contributed by atoms with van der Waals surface area (Å²) in [6.07, 6.45) is 0.287. The molecule has 4 N–H and O–H groups in total. The topological polar surface area (TPSA) is 158 Å². The number of nitrogens with one attached hydrogen (secondary N) is 1. The van der Waals surface area contributed by atoms with Crippen molar-refractivity contribution in [2.75, 3.05) is 12.3 Å². The Balaban J connectivity index is 1.95. The summed E-state index contributed by atoms with van der Waals surface area (Å²) in [7, 11) is 0. The van der Waals surface area contributed by atoms with Crippen molar-refractivity contribution in [1.82, 2.24) is 19.5 Å². The number of nitrogens with zero attached hydrogens (tertiary/aromatic N) is 4. The van der Waals surface area contributed by atoms with Crippen molar-refractivity contribution in [3.05, 3.63) is 16.7 Å². The van der Waals surface area contributed by atoms with E-state index in [1.807, 2.05) is 0 Å². The number of hydrogen-bond donors (Lipinski definition) is 3. The van der Waals surface area contributed by atoms with Crippen LogP contribution in [0, 0.1) is 0 Å². The van der Waals surface area contributed by atoms with E-state index >= 15 is 0 Å². The lowest BCUT2D eigenvalue weighted by Crippen LogP contribution is -2.21. The molecule has 0 spiro atoms. The average molecular weight is 322 g/mol. The van der Waals surface area contributed by atoms with E-state index in [9.17, 15) is 14.7 Å². The van der Waals surface area contributed by atoms with E-state index in [4.69, 9.17) is 10.5 Å². The average Bonchev–Trinajstić information content (AvgIpc) is 3.08. The quantitative estimate of drug-likeness (QED) is 0.474. The van der Waals surface area contributed by atoms with Crippen molar-refractivity contribution >= 4 is 28.8 Å². The summed E-state index contributed by atoms with van der Waals surface area (Å²) in [6, 6.07) is 0. The van der Waals surface area contributed by atoms with Crippen LogP contribution in [0.5, 0.6) is 0 Å². The lowest BCUT2D eigenvalue weighted by Gasteiger charge is -2.12. The van der Waals surface area contributed by atoms with Crippen molar-refractivity contribution in [2.24, 2.45) is 5.16 Å². The fraction of sp³-hybridized carbons (Fsp3) is 0.417. The number of nitrogens with two attached hydrogens (primary N) is 1. The number of imidazole rings is 1. The molecular weight excluding hydrogens is 308 g/mol. The van der Waals surface area contributed by atoms with Gasteiger partial charge in [-0.1, -0.05) is 5.16 Å². The molecule has 0 aliphatic carbocycles. The summed E-state index contributed by atoms with van der Waals surface area (Å²) in [6.45, 7) is 0.882. The van der Waals surface area contributed by atoms with Crippen molar-refractivity contribution in [3.63, 3.8) is 0 Å². The summed E-state index contributed by atoms with van der Waals surface area (Å²) < 4.78 is 7.16. The van der Waals surface area contributed by atoms with Gasteiger partial charge in [0.05, 0.1) is 18.6 Å². The van der Waals surface area contributed by atoms with Crippen LogP contribution in [0.3, 0.4) is 0 Å². The molecule has 1 aliphatic heterocycles. The lowest BCUT2D eigenvalue weighted by atomic mass is 10.2. The maximum Gasteiger partial charge on any atom is 0.331 e.